The number of hydrogen-bond acceptors (Lipinski definition) is 5. The van der Waals surface area contributed by atoms with Crippen LogP contribution in [0.25, 0.3) is 4.85 Å². The van der Waals surface area contributed by atoms with E-state index in [2.05, 4.69) is 9.58 Å². The largest absolute Gasteiger partial charge is 0.515 e. The average Bonchev–Trinajstić information content (AvgIpc) is 2.29. The molecule has 6 nitrogen and oxygen atoms in total. The Morgan fingerprint density at radius 1 is 1.56 bits per heavy atom. The summed E-state index contributed by atoms with van der Waals surface area (Å²) in [5.74, 6) is -0.960. The fourth-order valence-corrected chi connectivity index (χ4v) is 0.806. The Labute approximate surface area is 92.1 Å². The van der Waals surface area contributed by atoms with Crippen LogP contribution in [-0.2, 0) is 9.53 Å². The van der Waals surface area contributed by atoms with Crippen molar-refractivity contribution in [3.8, 4) is 12.1 Å². The number of carbonyl (C=O) groups is 1. The predicted molar refractivity (Wildman–Crippen MR) is 52.2 cm³/mol. The van der Waals surface area contributed by atoms with Crippen molar-refractivity contribution in [1.82, 2.24) is 0 Å². The molecule has 0 unspecified atom stereocenters. The van der Waals surface area contributed by atoms with E-state index in [-0.39, 0.29) is 6.61 Å². The smallest absolute Gasteiger partial charge is 0.341 e. The molecule has 6 heteroatoms. The molecule has 0 rings (SSSR count). The van der Waals surface area contributed by atoms with Gasteiger partial charge in [0.2, 0.25) is 0 Å². The highest BCUT2D eigenvalue weighted by molar-refractivity contribution is 5.95. The summed E-state index contributed by atoms with van der Waals surface area (Å²) in [6.07, 6.45) is 0.346. The molecule has 0 aromatic carbocycles. The van der Waals surface area contributed by atoms with E-state index in [1.807, 2.05) is 0 Å². The number of aliphatic hydroxyl groups is 1. The number of aliphatic hydroxyl groups excluding tert-OH is 1. The Morgan fingerprint density at radius 3 is 2.50 bits per heavy atom. The Balaban J connectivity index is 5.54. The summed E-state index contributed by atoms with van der Waals surface area (Å²) in [6.45, 7) is 8.23. The van der Waals surface area contributed by atoms with Gasteiger partial charge in [-0.2, -0.15) is 5.26 Å². The lowest BCUT2D eigenvalue weighted by molar-refractivity contribution is -0.138. The summed E-state index contributed by atoms with van der Waals surface area (Å²) in [5, 5.41) is 26.1. The van der Waals surface area contributed by atoms with Crippen molar-refractivity contribution in [2.75, 3.05) is 6.61 Å². The third-order valence-corrected chi connectivity index (χ3v) is 1.46. The molecule has 0 fully saturated rings. The number of ether oxygens (including phenoxy) is 1. The third kappa shape index (κ3) is 2.87. The van der Waals surface area contributed by atoms with Gasteiger partial charge in [0.15, 0.2) is 0 Å². The van der Waals surface area contributed by atoms with Gasteiger partial charge in [0, 0.05) is 0 Å². The number of esters is 1. The van der Waals surface area contributed by atoms with Gasteiger partial charge in [0.25, 0.3) is 5.70 Å². The topological polar surface area (TPSA) is 98.5 Å². The Hall–Kier alpha value is -2.78. The zero-order valence-corrected chi connectivity index (χ0v) is 8.39. The normalized spacial score (nSPS) is 11.5. The monoisotopic (exact) mass is 217 g/mol. The third-order valence-electron chi connectivity index (χ3n) is 1.46. The lowest BCUT2D eigenvalue weighted by atomic mass is 10.1. The van der Waals surface area contributed by atoms with Gasteiger partial charge in [-0.1, -0.05) is 0 Å². The average molecular weight is 217 g/mol. The highest BCUT2D eigenvalue weighted by Gasteiger charge is 2.20. The van der Waals surface area contributed by atoms with Crippen LogP contribution >= 0.6 is 0 Å². The first kappa shape index (κ1) is 13.2. The van der Waals surface area contributed by atoms with E-state index in [0.717, 1.165) is 0 Å². The molecule has 0 saturated carbocycles. The minimum atomic E-state index is -0.960. The van der Waals surface area contributed by atoms with Crippen LogP contribution in [0, 0.1) is 29.2 Å². The van der Waals surface area contributed by atoms with E-state index in [9.17, 15) is 4.79 Å². The number of allylic oxidation sites excluding steroid dienone is 1. The SMILES string of the molecule is [C-]#[N+]/C(C#N)=C(C#N)/C(=C\O)C(=O)OCC. The highest BCUT2D eigenvalue weighted by Crippen LogP contribution is 2.16. The predicted octanol–water partition coefficient (Wildman–Crippen LogP) is 1.21. The molecule has 0 aromatic heterocycles. The first-order chi connectivity index (χ1) is 7.65. The summed E-state index contributed by atoms with van der Waals surface area (Å²) >= 11 is 0. The van der Waals surface area contributed by atoms with Gasteiger partial charge in [-0.05, 0) is 6.92 Å². The lowest BCUT2D eigenvalue weighted by Gasteiger charge is -2.03. The Kier molecular flexibility index (Phi) is 5.49. The van der Waals surface area contributed by atoms with Gasteiger partial charge < -0.3 is 9.84 Å². The summed E-state index contributed by atoms with van der Waals surface area (Å²) in [7, 11) is 0. The molecule has 16 heavy (non-hydrogen) atoms. The molecule has 0 aliphatic carbocycles. The van der Waals surface area contributed by atoms with E-state index in [0.29, 0.717) is 6.26 Å². The molecule has 0 aliphatic rings. The van der Waals surface area contributed by atoms with E-state index in [1.165, 1.54) is 12.1 Å². The minimum absolute atomic E-state index is 0.0504. The van der Waals surface area contributed by atoms with Crippen LogP contribution in [-0.4, -0.2) is 17.7 Å². The molecule has 0 radical (unpaired) electrons. The van der Waals surface area contributed by atoms with Crippen molar-refractivity contribution in [3.63, 3.8) is 0 Å². The van der Waals surface area contributed by atoms with Crippen LogP contribution in [0.1, 0.15) is 6.92 Å². The zero-order valence-electron chi connectivity index (χ0n) is 8.39. The van der Waals surface area contributed by atoms with Crippen LogP contribution < -0.4 is 0 Å². The number of carbonyl (C=O) groups excluding carboxylic acids is 1. The van der Waals surface area contributed by atoms with E-state index in [1.54, 1.807) is 6.92 Å². The van der Waals surface area contributed by atoms with E-state index < -0.39 is 22.8 Å². The van der Waals surface area contributed by atoms with Crippen molar-refractivity contribution in [2.24, 2.45) is 0 Å². The summed E-state index contributed by atoms with van der Waals surface area (Å²) in [4.78, 5) is 14.0. The standard InChI is InChI=1S/C10H7N3O3/c1-3-16-10(15)8(6-14)7(4-11)9(5-12)13-2/h6,14H,3H2,1H3/b8-6+,9-7+. The second-order valence-corrected chi connectivity index (χ2v) is 2.32. The molecule has 80 valence electrons. The quantitative estimate of drug-likeness (QED) is 0.191. The van der Waals surface area contributed by atoms with E-state index >= 15 is 0 Å². The first-order valence-electron chi connectivity index (χ1n) is 4.10. The molecule has 0 heterocycles. The van der Waals surface area contributed by atoms with Gasteiger partial charge in [0.1, 0.15) is 5.57 Å². The van der Waals surface area contributed by atoms with Gasteiger partial charge in [-0.15, -0.1) is 0 Å². The lowest BCUT2D eigenvalue weighted by Crippen LogP contribution is -2.10. The molecule has 0 bridgehead atoms. The fraction of sp³-hybridized carbons (Fsp3) is 0.200. The molecule has 1 N–H and O–H groups in total. The highest BCUT2D eigenvalue weighted by atomic mass is 16.5. The van der Waals surface area contributed by atoms with Crippen LogP contribution in [0.4, 0.5) is 0 Å². The van der Waals surface area contributed by atoms with Crippen molar-refractivity contribution in [2.45, 2.75) is 6.92 Å². The van der Waals surface area contributed by atoms with Crippen molar-refractivity contribution < 1.29 is 14.6 Å². The minimum Gasteiger partial charge on any atom is -0.515 e. The maximum absolute atomic E-state index is 11.3. The molecule has 0 amide bonds. The number of nitriles is 2. The summed E-state index contributed by atoms with van der Waals surface area (Å²) in [6, 6.07) is 2.97. The second kappa shape index (κ2) is 6.64. The van der Waals surface area contributed by atoms with Crippen LogP contribution in [0.15, 0.2) is 23.1 Å². The van der Waals surface area contributed by atoms with Gasteiger partial charge >= 0.3 is 5.97 Å². The Morgan fingerprint density at radius 2 is 2.19 bits per heavy atom. The molecular formula is C10H7N3O3. The van der Waals surface area contributed by atoms with Gasteiger partial charge in [0.05, 0.1) is 37.2 Å². The molecule has 0 aliphatic heterocycles. The van der Waals surface area contributed by atoms with Crippen molar-refractivity contribution in [3.05, 3.63) is 34.5 Å². The number of rotatable bonds is 3. The second-order valence-electron chi connectivity index (χ2n) is 2.32. The van der Waals surface area contributed by atoms with Gasteiger partial charge in [-0.25, -0.2) is 14.9 Å². The molecule has 0 saturated heterocycles. The maximum atomic E-state index is 11.3. The number of hydrogen-bond donors (Lipinski definition) is 1. The fourth-order valence-electron chi connectivity index (χ4n) is 0.806. The van der Waals surface area contributed by atoms with Crippen LogP contribution in [0.3, 0.4) is 0 Å². The van der Waals surface area contributed by atoms with Crippen LogP contribution in [0.2, 0.25) is 0 Å². The summed E-state index contributed by atoms with van der Waals surface area (Å²) in [5.41, 5.74) is -1.58. The zero-order chi connectivity index (χ0) is 12.6. The van der Waals surface area contributed by atoms with Gasteiger partial charge in [-0.3, -0.25) is 0 Å². The first-order valence-corrected chi connectivity index (χ1v) is 4.10. The number of nitrogens with zero attached hydrogens (tertiary/aromatic N) is 3. The summed E-state index contributed by atoms with van der Waals surface area (Å²) < 4.78 is 4.55. The Bertz CT molecular complexity index is 453. The van der Waals surface area contributed by atoms with E-state index in [4.69, 9.17) is 22.2 Å². The molecule has 0 atom stereocenters. The van der Waals surface area contributed by atoms with Crippen molar-refractivity contribution in [1.29, 1.82) is 10.5 Å². The molecule has 0 aromatic rings. The molecule has 0 spiro atoms. The van der Waals surface area contributed by atoms with Crippen LogP contribution in [0.5, 0.6) is 0 Å². The molecular weight excluding hydrogens is 210 g/mol. The maximum Gasteiger partial charge on any atom is 0.341 e. The van der Waals surface area contributed by atoms with Crippen molar-refractivity contribution >= 4 is 5.97 Å².